The Morgan fingerprint density at radius 3 is 0.977 bits per heavy atom. The maximum Gasteiger partial charge on any atom is 0.361 e. The molecule has 0 aromatic carbocycles. The van der Waals surface area contributed by atoms with E-state index in [0.717, 1.165) is 122 Å². The lowest BCUT2D eigenvalue weighted by Crippen LogP contribution is -2.40. The number of carboxylic acid groups (broad SMARTS) is 1. The maximum atomic E-state index is 12.9. The van der Waals surface area contributed by atoms with Crippen molar-refractivity contribution in [2.45, 2.75) is 283 Å². The number of allylic oxidation sites excluding steroid dienone is 24. The van der Waals surface area contributed by atoms with Gasteiger partial charge >= 0.3 is 17.9 Å². The minimum Gasteiger partial charge on any atom is -0.477 e. The molecule has 87 heavy (non-hydrogen) atoms. The van der Waals surface area contributed by atoms with Crippen molar-refractivity contribution in [2.75, 3.05) is 47.5 Å². The Morgan fingerprint density at radius 1 is 0.356 bits per heavy atom. The summed E-state index contributed by atoms with van der Waals surface area (Å²) in [4.78, 5) is 37.6. The van der Waals surface area contributed by atoms with Crippen LogP contribution in [0, 0.1) is 0 Å². The van der Waals surface area contributed by atoms with Crippen molar-refractivity contribution in [3.63, 3.8) is 0 Å². The van der Waals surface area contributed by atoms with Crippen LogP contribution in [-0.4, -0.2) is 87.4 Å². The molecule has 2 atom stereocenters. The van der Waals surface area contributed by atoms with Crippen LogP contribution >= 0.6 is 0 Å². The number of carbonyl (C=O) groups is 3. The minimum absolute atomic E-state index is 0.176. The van der Waals surface area contributed by atoms with Crippen molar-refractivity contribution in [2.24, 2.45) is 0 Å². The van der Waals surface area contributed by atoms with Crippen LogP contribution in [0.3, 0.4) is 0 Å². The van der Waals surface area contributed by atoms with Crippen LogP contribution in [0.5, 0.6) is 0 Å². The molecule has 0 aliphatic heterocycles. The lowest BCUT2D eigenvalue weighted by molar-refractivity contribution is -0.870. The molecule has 0 rings (SSSR count). The summed E-state index contributed by atoms with van der Waals surface area (Å²) >= 11 is 0. The van der Waals surface area contributed by atoms with Gasteiger partial charge in [-0.15, -0.1) is 0 Å². The third kappa shape index (κ3) is 68.5. The number of unbranched alkanes of at least 4 members (excludes halogenated alkanes) is 24. The van der Waals surface area contributed by atoms with E-state index in [0.29, 0.717) is 17.4 Å². The van der Waals surface area contributed by atoms with Crippen molar-refractivity contribution in [1.82, 2.24) is 0 Å². The summed E-state index contributed by atoms with van der Waals surface area (Å²) in [6.45, 7) is 4.73. The first-order valence-corrected chi connectivity index (χ1v) is 35.0. The second-order valence-corrected chi connectivity index (χ2v) is 24.1. The Balaban J connectivity index is 4.23. The van der Waals surface area contributed by atoms with Crippen molar-refractivity contribution in [1.29, 1.82) is 0 Å². The van der Waals surface area contributed by atoms with Crippen LogP contribution in [0.15, 0.2) is 146 Å². The quantitative estimate of drug-likeness (QED) is 0.0211. The molecular weight excluding hydrogens is 1080 g/mol. The first-order valence-electron chi connectivity index (χ1n) is 35.0. The Bertz CT molecular complexity index is 1940. The minimum atomic E-state index is -1.53. The summed E-state index contributed by atoms with van der Waals surface area (Å²) in [6.07, 6.45) is 95.2. The third-order valence-electron chi connectivity index (χ3n) is 14.6. The first-order chi connectivity index (χ1) is 42.6. The molecule has 1 N–H and O–H groups in total. The number of carbonyl (C=O) groups excluding carboxylic acids is 2. The van der Waals surface area contributed by atoms with Gasteiger partial charge in [-0.05, 0) is 122 Å². The zero-order valence-electron chi connectivity index (χ0n) is 56.4. The fourth-order valence-corrected chi connectivity index (χ4v) is 9.25. The van der Waals surface area contributed by atoms with Crippen molar-refractivity contribution >= 4 is 17.9 Å². The predicted octanol–water partition coefficient (Wildman–Crippen LogP) is 21.9. The SMILES string of the molecule is CC/C=C\C/C=C\C/C=C\C/C=C\C/C=C\C/C=C\C/C=C\C/C=C\C/C=C\CCCCCCCC(=O)OC(COC(=O)CCCCCCCCCCCCCCCC/C=C\C/C=C\C/C=C\CCCCCCC)COC(OCC[N+](C)(C)C)C(=O)O. The third-order valence-corrected chi connectivity index (χ3v) is 14.6. The Kier molecular flexibility index (Phi) is 63.4. The molecule has 0 aromatic rings. The van der Waals surface area contributed by atoms with Gasteiger partial charge in [0.2, 0.25) is 0 Å². The van der Waals surface area contributed by atoms with Gasteiger partial charge in [0.25, 0.3) is 6.29 Å². The highest BCUT2D eigenvalue weighted by atomic mass is 16.7. The molecule has 0 spiro atoms. The number of likely N-dealkylation sites (N-methyl/N-ethyl adjacent to an activating group) is 1. The van der Waals surface area contributed by atoms with Crippen molar-refractivity contribution in [3.8, 4) is 0 Å². The zero-order valence-corrected chi connectivity index (χ0v) is 56.4. The summed E-state index contributed by atoms with van der Waals surface area (Å²) in [5.74, 6) is -2.04. The van der Waals surface area contributed by atoms with Gasteiger partial charge in [-0.2, -0.15) is 0 Å². The predicted molar refractivity (Wildman–Crippen MR) is 373 cm³/mol. The highest BCUT2D eigenvalue weighted by molar-refractivity contribution is 5.71. The van der Waals surface area contributed by atoms with E-state index in [4.69, 9.17) is 18.9 Å². The smallest absolute Gasteiger partial charge is 0.361 e. The Labute approximate surface area is 534 Å². The van der Waals surface area contributed by atoms with E-state index in [-0.39, 0.29) is 38.6 Å². The van der Waals surface area contributed by atoms with Crippen molar-refractivity contribution in [3.05, 3.63) is 146 Å². The zero-order chi connectivity index (χ0) is 63.3. The van der Waals surface area contributed by atoms with Gasteiger partial charge in [-0.3, -0.25) is 9.59 Å². The van der Waals surface area contributed by atoms with Gasteiger partial charge in [0.15, 0.2) is 6.10 Å². The number of ether oxygens (including phenoxy) is 4. The van der Waals surface area contributed by atoms with E-state index in [1.165, 1.54) is 116 Å². The molecule has 0 saturated heterocycles. The lowest BCUT2D eigenvalue weighted by atomic mass is 10.0. The summed E-state index contributed by atoms with van der Waals surface area (Å²) in [5.41, 5.74) is 0. The molecule has 0 aliphatic carbocycles. The van der Waals surface area contributed by atoms with Crippen LogP contribution in [-0.2, 0) is 33.3 Å². The van der Waals surface area contributed by atoms with E-state index in [9.17, 15) is 19.5 Å². The number of quaternary nitrogens is 1. The van der Waals surface area contributed by atoms with Crippen LogP contribution in [0.4, 0.5) is 0 Å². The fraction of sp³-hybridized carbons (Fsp3) is 0.654. The van der Waals surface area contributed by atoms with Crippen LogP contribution in [0.1, 0.15) is 271 Å². The highest BCUT2D eigenvalue weighted by Gasteiger charge is 2.25. The van der Waals surface area contributed by atoms with Gasteiger partial charge in [0.05, 0.1) is 34.4 Å². The summed E-state index contributed by atoms with van der Waals surface area (Å²) in [7, 11) is 5.96. The van der Waals surface area contributed by atoms with Crippen molar-refractivity contribution < 1.29 is 42.9 Å². The van der Waals surface area contributed by atoms with E-state index >= 15 is 0 Å². The fourth-order valence-electron chi connectivity index (χ4n) is 9.25. The normalized spacial score (nSPS) is 13.6. The molecule has 0 saturated carbocycles. The Hall–Kier alpha value is -4.83. The average molecular weight is 1210 g/mol. The number of aliphatic carboxylic acids is 1. The highest BCUT2D eigenvalue weighted by Crippen LogP contribution is 2.16. The van der Waals surface area contributed by atoms with Crippen LogP contribution in [0.25, 0.3) is 0 Å². The van der Waals surface area contributed by atoms with E-state index in [1.807, 2.05) is 21.1 Å². The van der Waals surface area contributed by atoms with E-state index < -0.39 is 24.3 Å². The Morgan fingerprint density at radius 2 is 0.655 bits per heavy atom. The largest absolute Gasteiger partial charge is 0.477 e. The molecule has 0 fully saturated rings. The summed E-state index contributed by atoms with van der Waals surface area (Å²) < 4.78 is 22.9. The van der Waals surface area contributed by atoms with Crippen LogP contribution in [0.2, 0.25) is 0 Å². The molecule has 0 aromatic heterocycles. The van der Waals surface area contributed by atoms with Crippen LogP contribution < -0.4 is 0 Å². The molecule has 0 heterocycles. The van der Waals surface area contributed by atoms with Gasteiger partial charge in [-0.25, -0.2) is 4.79 Å². The second-order valence-electron chi connectivity index (χ2n) is 24.1. The number of nitrogens with zero attached hydrogens (tertiary/aromatic N) is 1. The summed E-state index contributed by atoms with van der Waals surface area (Å²) in [6, 6.07) is 0. The molecule has 2 unspecified atom stereocenters. The molecular formula is C78H130NO8+. The second kappa shape index (κ2) is 67.1. The van der Waals surface area contributed by atoms with Gasteiger partial charge in [-0.1, -0.05) is 282 Å². The number of esters is 2. The van der Waals surface area contributed by atoms with E-state index in [1.54, 1.807) is 0 Å². The average Bonchev–Trinajstić information content (AvgIpc) is 3.59. The monoisotopic (exact) mass is 1210 g/mol. The number of hydrogen-bond acceptors (Lipinski definition) is 7. The summed E-state index contributed by atoms with van der Waals surface area (Å²) in [5, 5.41) is 9.75. The number of carboxylic acids is 1. The standard InChI is InChI=1S/C78H129NO8/c1-6-8-10-12-14-16-18-20-22-24-26-28-30-32-34-36-37-38-39-41-43-45-47-49-51-53-55-57-59-61-63-65-67-69-76(81)87-74(73-86-78(77(82)83)84-71-70-79(3,4)5)72-85-75(80)68-66-64-62-60-58-56-54-52-50-48-46-44-42-40-35-33-31-29-27-25-23-21-19-17-15-13-11-9-7-2/h8,10,14,16,19-22,25-28,31-34,37-38,41,43,47,49,53,55,74,78H,6-7,9,11-13,15,17-18,23-24,29-30,35-36,39-40,42,44-46,48,50-52,54,56-73H2,1-5H3/p+1/b10-8-,16-14-,21-19-,22-20-,27-25-,28-26-,33-31-,34-32-,38-37-,43-41-,49-47-,55-53-. The van der Waals surface area contributed by atoms with E-state index in [2.05, 4.69) is 160 Å². The molecule has 0 radical (unpaired) electrons. The molecule has 0 aliphatic rings. The van der Waals surface area contributed by atoms with Gasteiger partial charge in [0, 0.05) is 12.8 Å². The lowest BCUT2D eigenvalue weighted by Gasteiger charge is -2.25. The molecule has 9 heteroatoms. The number of hydrogen-bond donors (Lipinski definition) is 1. The topological polar surface area (TPSA) is 108 Å². The molecule has 9 nitrogen and oxygen atoms in total. The molecule has 0 bridgehead atoms. The maximum absolute atomic E-state index is 12.9. The molecule has 494 valence electrons. The van der Waals surface area contributed by atoms with Gasteiger partial charge < -0.3 is 28.5 Å². The first kappa shape index (κ1) is 82.2. The van der Waals surface area contributed by atoms with Gasteiger partial charge in [0.1, 0.15) is 13.2 Å². The number of rotatable bonds is 63. The molecule has 0 amide bonds.